The van der Waals surface area contributed by atoms with Crippen LogP contribution in [0.25, 0.3) is 0 Å². The molecule has 222 valence electrons. The number of thioether (sulfide) groups is 1. The molecule has 1 aromatic carbocycles. The Labute approximate surface area is 238 Å². The number of aliphatic carboxylic acids is 1. The number of nitrogens with two attached hydrogens (primary N) is 1. The van der Waals surface area contributed by atoms with E-state index in [0.717, 1.165) is 0 Å². The van der Waals surface area contributed by atoms with E-state index in [4.69, 9.17) is 5.73 Å². The molecule has 0 aromatic heterocycles. The monoisotopic (exact) mass is 579 g/mol. The lowest BCUT2D eigenvalue weighted by molar-refractivity contribution is -0.143. The molecule has 7 N–H and O–H groups in total. The van der Waals surface area contributed by atoms with Gasteiger partial charge in [-0.25, -0.2) is 4.79 Å². The Morgan fingerprint density at radius 1 is 1.15 bits per heavy atom. The quantitative estimate of drug-likeness (QED) is 0.169. The minimum atomic E-state index is -1.16. The van der Waals surface area contributed by atoms with Crippen LogP contribution in [0.1, 0.15) is 45.1 Å². The van der Waals surface area contributed by atoms with Crippen molar-refractivity contribution in [2.24, 2.45) is 11.7 Å². The van der Waals surface area contributed by atoms with Crippen molar-refractivity contribution >= 4 is 41.4 Å². The van der Waals surface area contributed by atoms with Gasteiger partial charge >= 0.3 is 5.97 Å². The molecule has 5 atom stereocenters. The zero-order valence-electron chi connectivity index (χ0n) is 23.2. The molecular weight excluding hydrogens is 538 g/mol. The Hall–Kier alpha value is -3.32. The number of carbonyl (C=O) groups is 5. The first-order valence-electron chi connectivity index (χ1n) is 13.4. The van der Waals surface area contributed by atoms with Crippen molar-refractivity contribution in [1.82, 2.24) is 20.9 Å². The van der Waals surface area contributed by atoms with Crippen LogP contribution in [-0.4, -0.2) is 94.0 Å². The second-order valence-corrected chi connectivity index (χ2v) is 11.0. The number of rotatable bonds is 15. The minimum absolute atomic E-state index is 0.0638. The molecule has 1 aliphatic rings. The van der Waals surface area contributed by atoms with Crippen LogP contribution in [0.4, 0.5) is 0 Å². The number of carboxylic acid groups (broad SMARTS) is 1. The highest BCUT2D eigenvalue weighted by molar-refractivity contribution is 7.98. The summed E-state index contributed by atoms with van der Waals surface area (Å²) in [6.07, 6.45) is 3.94. The van der Waals surface area contributed by atoms with Gasteiger partial charge in [0.15, 0.2) is 0 Å². The summed E-state index contributed by atoms with van der Waals surface area (Å²) in [7, 11) is 0. The van der Waals surface area contributed by atoms with Crippen LogP contribution in [0, 0.1) is 5.92 Å². The summed E-state index contributed by atoms with van der Waals surface area (Å²) >= 11 is 1.55. The molecule has 0 saturated carbocycles. The summed E-state index contributed by atoms with van der Waals surface area (Å²) in [5.41, 5.74) is 6.72. The number of carboxylic acids is 1. The van der Waals surface area contributed by atoms with E-state index in [9.17, 15) is 34.2 Å². The van der Waals surface area contributed by atoms with E-state index < -0.39 is 60.3 Å². The molecule has 1 heterocycles. The Morgan fingerprint density at radius 3 is 2.42 bits per heavy atom. The fourth-order valence-corrected chi connectivity index (χ4v) is 4.91. The van der Waals surface area contributed by atoms with Crippen molar-refractivity contribution in [1.29, 1.82) is 0 Å². The number of benzene rings is 1. The molecule has 4 amide bonds. The summed E-state index contributed by atoms with van der Waals surface area (Å²) in [5.74, 6) is -2.82. The first kappa shape index (κ1) is 32.9. The number of aromatic hydroxyl groups is 1. The maximum atomic E-state index is 13.7. The third kappa shape index (κ3) is 9.70. The fraction of sp³-hybridized carbons (Fsp3) is 0.593. The number of phenols is 1. The molecule has 0 unspecified atom stereocenters. The van der Waals surface area contributed by atoms with Crippen molar-refractivity contribution in [2.45, 2.75) is 70.1 Å². The summed E-state index contributed by atoms with van der Waals surface area (Å²) in [4.78, 5) is 64.7. The second kappa shape index (κ2) is 16.1. The van der Waals surface area contributed by atoms with Crippen LogP contribution < -0.4 is 21.7 Å². The van der Waals surface area contributed by atoms with E-state index in [1.807, 2.05) is 13.2 Å². The third-order valence-corrected chi connectivity index (χ3v) is 7.66. The predicted octanol–water partition coefficient (Wildman–Crippen LogP) is 0.223. The lowest BCUT2D eigenvalue weighted by Crippen LogP contribution is -2.57. The normalized spacial score (nSPS) is 17.8. The average molecular weight is 580 g/mol. The number of likely N-dealkylation sites (tertiary alicyclic amines) is 1. The van der Waals surface area contributed by atoms with Gasteiger partial charge in [0.1, 0.15) is 23.9 Å². The first-order chi connectivity index (χ1) is 19.0. The minimum Gasteiger partial charge on any atom is -0.508 e. The van der Waals surface area contributed by atoms with E-state index in [1.54, 1.807) is 30.8 Å². The molecule has 1 saturated heterocycles. The van der Waals surface area contributed by atoms with E-state index >= 15 is 0 Å². The maximum Gasteiger partial charge on any atom is 0.326 e. The third-order valence-electron chi connectivity index (χ3n) is 7.02. The van der Waals surface area contributed by atoms with Crippen LogP contribution in [0.15, 0.2) is 24.3 Å². The van der Waals surface area contributed by atoms with E-state index in [1.165, 1.54) is 17.0 Å². The number of amides is 4. The van der Waals surface area contributed by atoms with Crippen molar-refractivity contribution < 1.29 is 34.2 Å². The smallest absolute Gasteiger partial charge is 0.326 e. The van der Waals surface area contributed by atoms with Crippen LogP contribution in [0.5, 0.6) is 5.75 Å². The van der Waals surface area contributed by atoms with Crippen LogP contribution >= 0.6 is 11.8 Å². The lowest BCUT2D eigenvalue weighted by atomic mass is 9.99. The molecule has 2 rings (SSSR count). The zero-order valence-corrected chi connectivity index (χ0v) is 24.0. The Bertz CT molecular complexity index is 1040. The summed E-state index contributed by atoms with van der Waals surface area (Å²) in [6.45, 7) is 3.38. The first-order valence-corrected chi connectivity index (χ1v) is 14.8. The van der Waals surface area contributed by atoms with Gasteiger partial charge in [0.05, 0.1) is 12.6 Å². The molecule has 1 aromatic rings. The van der Waals surface area contributed by atoms with E-state index in [2.05, 4.69) is 16.0 Å². The molecule has 0 aliphatic carbocycles. The van der Waals surface area contributed by atoms with Gasteiger partial charge in [-0.1, -0.05) is 32.4 Å². The molecule has 0 bridgehead atoms. The number of hydrogen-bond donors (Lipinski definition) is 6. The van der Waals surface area contributed by atoms with Gasteiger partial charge in [0.25, 0.3) is 0 Å². The van der Waals surface area contributed by atoms with Crippen molar-refractivity contribution in [2.75, 3.05) is 25.1 Å². The molecule has 40 heavy (non-hydrogen) atoms. The zero-order chi connectivity index (χ0) is 29.8. The number of phenolic OH excluding ortho intramolecular Hbond substituents is 1. The van der Waals surface area contributed by atoms with Gasteiger partial charge in [-0.2, -0.15) is 11.8 Å². The number of hydrogen-bond acceptors (Lipinski definition) is 8. The van der Waals surface area contributed by atoms with Gasteiger partial charge < -0.3 is 36.8 Å². The van der Waals surface area contributed by atoms with Crippen molar-refractivity contribution in [3.63, 3.8) is 0 Å². The van der Waals surface area contributed by atoms with Crippen LogP contribution in [0.2, 0.25) is 0 Å². The molecule has 0 spiro atoms. The average Bonchev–Trinajstić information content (AvgIpc) is 3.43. The van der Waals surface area contributed by atoms with Gasteiger partial charge in [0.2, 0.25) is 23.6 Å². The lowest BCUT2D eigenvalue weighted by Gasteiger charge is -2.29. The summed E-state index contributed by atoms with van der Waals surface area (Å²) in [5, 5.41) is 26.7. The standard InChI is InChI=1S/C27H41N5O7S/c1-4-16(2)23(27(38)39)31-22(34)15-29-25(36)21-6-5-12-32(21)26(37)20(14-17-7-9-18(33)10-8-17)30-24(35)19(28)11-13-40-3/h7-10,16,19-21,23,33H,4-6,11-15,28H2,1-3H3,(H,29,36)(H,30,35)(H,31,34)(H,38,39)/t16-,19-,20-,21-,23-/m0/s1. The van der Waals surface area contributed by atoms with Crippen molar-refractivity contribution in [3.05, 3.63) is 29.8 Å². The second-order valence-electron chi connectivity index (χ2n) is 10.00. The van der Waals surface area contributed by atoms with E-state index in [0.29, 0.717) is 43.5 Å². The van der Waals surface area contributed by atoms with Crippen LogP contribution in [0.3, 0.4) is 0 Å². The van der Waals surface area contributed by atoms with Gasteiger partial charge in [-0.15, -0.1) is 0 Å². The van der Waals surface area contributed by atoms with E-state index in [-0.39, 0.29) is 18.1 Å². The van der Waals surface area contributed by atoms with Crippen LogP contribution in [-0.2, 0) is 30.4 Å². The summed E-state index contributed by atoms with van der Waals surface area (Å²) < 4.78 is 0. The Kier molecular flexibility index (Phi) is 13.2. The van der Waals surface area contributed by atoms with Gasteiger partial charge in [0, 0.05) is 13.0 Å². The number of nitrogens with zero attached hydrogens (tertiary/aromatic N) is 1. The van der Waals surface area contributed by atoms with Gasteiger partial charge in [-0.3, -0.25) is 19.2 Å². The highest BCUT2D eigenvalue weighted by Gasteiger charge is 2.38. The topological polar surface area (TPSA) is 191 Å². The highest BCUT2D eigenvalue weighted by atomic mass is 32.2. The largest absolute Gasteiger partial charge is 0.508 e. The summed E-state index contributed by atoms with van der Waals surface area (Å²) in [6, 6.07) is 2.52. The van der Waals surface area contributed by atoms with Crippen molar-refractivity contribution in [3.8, 4) is 5.75 Å². The molecule has 12 nitrogen and oxygen atoms in total. The predicted molar refractivity (Wildman–Crippen MR) is 151 cm³/mol. The fourth-order valence-electron chi connectivity index (χ4n) is 4.42. The SMILES string of the molecule is CC[C@H](C)[C@H](NC(=O)CNC(=O)[C@@H]1CCCN1C(=O)[C@H](Cc1ccc(O)cc1)NC(=O)[C@@H](N)CCSC)C(=O)O. The molecule has 13 heteroatoms. The molecule has 0 radical (unpaired) electrons. The number of carbonyl (C=O) groups excluding carboxylic acids is 4. The molecule has 1 aliphatic heterocycles. The highest BCUT2D eigenvalue weighted by Crippen LogP contribution is 2.20. The molecular formula is C27H41N5O7S. The maximum absolute atomic E-state index is 13.7. The van der Waals surface area contributed by atoms with Gasteiger partial charge in [-0.05, 0) is 54.9 Å². The number of nitrogens with one attached hydrogen (secondary N) is 3. The Balaban J connectivity index is 2.11. The Morgan fingerprint density at radius 2 is 1.82 bits per heavy atom. The molecule has 1 fully saturated rings.